The number of hydrogen-bond acceptors (Lipinski definition) is 2. The molecule has 0 bridgehead atoms. The van der Waals surface area contributed by atoms with Gasteiger partial charge in [0, 0.05) is 0 Å². The molecule has 1 saturated heterocycles. The number of piperidine rings is 1. The number of nitrogens with one attached hydrogen (secondary N) is 1. The molecule has 0 spiro atoms. The summed E-state index contributed by atoms with van der Waals surface area (Å²) >= 11 is 0. The molecule has 1 N–H and O–H groups in total. The zero-order chi connectivity index (χ0) is 8.10. The zero-order valence-electron chi connectivity index (χ0n) is 7.77. The average molecular weight is 156 g/mol. The fourth-order valence-corrected chi connectivity index (χ4v) is 1.61. The van der Waals surface area contributed by atoms with Crippen molar-refractivity contribution in [3.63, 3.8) is 0 Å². The molecule has 0 unspecified atom stereocenters. The second-order valence-electron chi connectivity index (χ2n) is 3.80. The third-order valence-corrected chi connectivity index (χ3v) is 2.38. The number of hydrogen-bond donors (Lipinski definition) is 1. The van der Waals surface area contributed by atoms with Gasteiger partial charge in [-0.15, -0.1) is 0 Å². The summed E-state index contributed by atoms with van der Waals surface area (Å²) < 4.78 is 0. The minimum absolute atomic E-state index is 0.936. The van der Waals surface area contributed by atoms with Crippen LogP contribution in [0.2, 0.25) is 0 Å². The Morgan fingerprint density at radius 3 is 2.82 bits per heavy atom. The summed E-state index contributed by atoms with van der Waals surface area (Å²) in [5.41, 5.74) is 0. The Kier molecular flexibility index (Phi) is 3.87. The van der Waals surface area contributed by atoms with Crippen LogP contribution in [0.5, 0.6) is 0 Å². The Bertz CT molecular complexity index is 95.7. The molecule has 1 aliphatic heterocycles. The predicted molar refractivity (Wildman–Crippen MR) is 48.8 cm³/mol. The molecular formula is C9H20N2. The van der Waals surface area contributed by atoms with Gasteiger partial charge in [0.2, 0.25) is 0 Å². The van der Waals surface area contributed by atoms with Crippen LogP contribution >= 0.6 is 0 Å². The Morgan fingerprint density at radius 2 is 2.27 bits per heavy atom. The molecule has 0 aliphatic carbocycles. The highest BCUT2D eigenvalue weighted by Gasteiger charge is 2.11. The van der Waals surface area contributed by atoms with E-state index in [1.165, 1.54) is 38.9 Å². The zero-order valence-corrected chi connectivity index (χ0v) is 7.77. The monoisotopic (exact) mass is 156 g/mol. The highest BCUT2D eigenvalue weighted by Crippen LogP contribution is 2.13. The summed E-state index contributed by atoms with van der Waals surface area (Å²) in [6, 6.07) is 0. The molecule has 1 rings (SSSR count). The van der Waals surface area contributed by atoms with Gasteiger partial charge in [0.25, 0.3) is 0 Å². The smallest absolute Gasteiger partial charge is 0.00200 e. The summed E-state index contributed by atoms with van der Waals surface area (Å²) in [6.07, 6.45) is 4.17. The van der Waals surface area contributed by atoms with Crippen molar-refractivity contribution in [2.24, 2.45) is 5.92 Å². The van der Waals surface area contributed by atoms with Gasteiger partial charge in [-0.1, -0.05) is 0 Å². The number of nitrogens with zero attached hydrogens (tertiary/aromatic N) is 1. The first-order valence-corrected chi connectivity index (χ1v) is 4.64. The minimum Gasteiger partial charge on any atom is -0.316 e. The molecule has 1 aliphatic rings. The summed E-state index contributed by atoms with van der Waals surface area (Å²) in [6.45, 7) is 3.72. The number of rotatable bonds is 3. The van der Waals surface area contributed by atoms with Crippen molar-refractivity contribution in [2.45, 2.75) is 19.3 Å². The molecule has 0 aromatic heterocycles. The molecule has 1 heterocycles. The quantitative estimate of drug-likeness (QED) is 0.654. The Balaban J connectivity index is 2.05. The Hall–Kier alpha value is -0.0800. The van der Waals surface area contributed by atoms with Gasteiger partial charge in [-0.25, -0.2) is 0 Å². The van der Waals surface area contributed by atoms with Gasteiger partial charge in [0.15, 0.2) is 0 Å². The van der Waals surface area contributed by atoms with Crippen LogP contribution in [-0.2, 0) is 0 Å². The van der Waals surface area contributed by atoms with Gasteiger partial charge in [0.05, 0.1) is 0 Å². The largest absolute Gasteiger partial charge is 0.316 e. The Labute approximate surface area is 70.0 Å². The van der Waals surface area contributed by atoms with E-state index in [2.05, 4.69) is 24.3 Å². The summed E-state index contributed by atoms with van der Waals surface area (Å²) in [5.74, 6) is 0.936. The first-order valence-electron chi connectivity index (χ1n) is 4.64. The third-order valence-electron chi connectivity index (χ3n) is 2.38. The SMILES string of the molecule is CN(C)CC[C@H]1CCCNC1. The summed E-state index contributed by atoms with van der Waals surface area (Å²) in [7, 11) is 4.30. The molecule has 0 aromatic carbocycles. The molecule has 66 valence electrons. The molecule has 0 saturated carbocycles. The van der Waals surface area contributed by atoms with Crippen molar-refractivity contribution in [3.05, 3.63) is 0 Å². The van der Waals surface area contributed by atoms with E-state index in [0.717, 1.165) is 5.92 Å². The average Bonchev–Trinajstić information content (AvgIpc) is 2.03. The van der Waals surface area contributed by atoms with Crippen LogP contribution in [-0.4, -0.2) is 38.6 Å². The highest BCUT2D eigenvalue weighted by molar-refractivity contribution is 4.69. The molecule has 1 atom stereocenters. The van der Waals surface area contributed by atoms with Gasteiger partial charge >= 0.3 is 0 Å². The van der Waals surface area contributed by atoms with Crippen molar-refractivity contribution >= 4 is 0 Å². The molecule has 0 aromatic rings. The third kappa shape index (κ3) is 3.73. The summed E-state index contributed by atoms with van der Waals surface area (Å²) in [5, 5.41) is 3.44. The lowest BCUT2D eigenvalue weighted by Crippen LogP contribution is -2.31. The van der Waals surface area contributed by atoms with Crippen LogP contribution in [0, 0.1) is 5.92 Å². The van der Waals surface area contributed by atoms with E-state index in [9.17, 15) is 0 Å². The maximum atomic E-state index is 3.44. The molecular weight excluding hydrogens is 136 g/mol. The highest BCUT2D eigenvalue weighted by atomic mass is 15.0. The van der Waals surface area contributed by atoms with E-state index in [1.807, 2.05) is 0 Å². The van der Waals surface area contributed by atoms with E-state index < -0.39 is 0 Å². The molecule has 1 fully saturated rings. The van der Waals surface area contributed by atoms with Crippen molar-refractivity contribution in [1.29, 1.82) is 0 Å². The maximum absolute atomic E-state index is 3.44. The normalized spacial score (nSPS) is 25.9. The standard InChI is InChI=1S/C9H20N2/c1-11(2)7-5-9-4-3-6-10-8-9/h9-10H,3-8H2,1-2H3/t9-/m1/s1. The first-order chi connectivity index (χ1) is 5.29. The first kappa shape index (κ1) is 9.01. The Morgan fingerprint density at radius 1 is 1.45 bits per heavy atom. The second-order valence-corrected chi connectivity index (χ2v) is 3.80. The van der Waals surface area contributed by atoms with Crippen LogP contribution in [0.4, 0.5) is 0 Å². The molecule has 0 amide bonds. The van der Waals surface area contributed by atoms with Crippen LogP contribution in [0.15, 0.2) is 0 Å². The molecule has 2 heteroatoms. The predicted octanol–water partition coefficient (Wildman–Crippen LogP) is 0.938. The van der Waals surface area contributed by atoms with Crippen molar-refractivity contribution in [3.8, 4) is 0 Å². The minimum atomic E-state index is 0.936. The second kappa shape index (κ2) is 4.73. The lowest BCUT2D eigenvalue weighted by atomic mass is 9.96. The van der Waals surface area contributed by atoms with Gasteiger partial charge < -0.3 is 10.2 Å². The van der Waals surface area contributed by atoms with Gasteiger partial charge in [-0.3, -0.25) is 0 Å². The van der Waals surface area contributed by atoms with Crippen LogP contribution in [0.3, 0.4) is 0 Å². The van der Waals surface area contributed by atoms with Crippen LogP contribution in [0.1, 0.15) is 19.3 Å². The van der Waals surface area contributed by atoms with Gasteiger partial charge in [-0.05, 0) is 58.9 Å². The fourth-order valence-electron chi connectivity index (χ4n) is 1.61. The van der Waals surface area contributed by atoms with Crippen LogP contribution < -0.4 is 5.32 Å². The lowest BCUT2D eigenvalue weighted by molar-refractivity contribution is 0.303. The van der Waals surface area contributed by atoms with E-state index in [1.54, 1.807) is 0 Å². The van der Waals surface area contributed by atoms with Crippen molar-refractivity contribution < 1.29 is 0 Å². The topological polar surface area (TPSA) is 15.3 Å². The van der Waals surface area contributed by atoms with E-state index in [4.69, 9.17) is 0 Å². The van der Waals surface area contributed by atoms with E-state index >= 15 is 0 Å². The molecule has 11 heavy (non-hydrogen) atoms. The molecule has 0 radical (unpaired) electrons. The molecule has 2 nitrogen and oxygen atoms in total. The fraction of sp³-hybridized carbons (Fsp3) is 1.00. The maximum Gasteiger partial charge on any atom is -0.00200 e. The lowest BCUT2D eigenvalue weighted by Gasteiger charge is -2.23. The van der Waals surface area contributed by atoms with E-state index in [-0.39, 0.29) is 0 Å². The summed E-state index contributed by atoms with van der Waals surface area (Å²) in [4.78, 5) is 2.27. The van der Waals surface area contributed by atoms with Crippen LogP contribution in [0.25, 0.3) is 0 Å². The van der Waals surface area contributed by atoms with Crippen molar-refractivity contribution in [1.82, 2.24) is 10.2 Å². The van der Waals surface area contributed by atoms with E-state index in [0.29, 0.717) is 0 Å². The van der Waals surface area contributed by atoms with Crippen molar-refractivity contribution in [2.75, 3.05) is 33.7 Å². The van der Waals surface area contributed by atoms with Gasteiger partial charge in [-0.2, -0.15) is 0 Å². The van der Waals surface area contributed by atoms with Gasteiger partial charge in [0.1, 0.15) is 0 Å².